The fraction of sp³-hybridized carbons (Fsp3) is 0.158. The highest BCUT2D eigenvalue weighted by molar-refractivity contribution is 6.14. The Morgan fingerprint density at radius 1 is 1.17 bits per heavy atom. The molecule has 0 aliphatic carbocycles. The van der Waals surface area contributed by atoms with Crippen molar-refractivity contribution in [1.29, 1.82) is 5.26 Å². The second-order valence-corrected chi connectivity index (χ2v) is 4.73. The monoisotopic (exact) mass is 307 g/mol. The highest BCUT2D eigenvalue weighted by Gasteiger charge is 2.12. The number of carbonyl (C=O) groups excluding carboxylic acids is 1. The van der Waals surface area contributed by atoms with Gasteiger partial charge in [0.15, 0.2) is 0 Å². The molecule has 116 valence electrons. The minimum absolute atomic E-state index is 0.0730. The first-order chi connectivity index (χ1) is 11.2. The number of allylic oxidation sites excluding steroid dienone is 1. The lowest BCUT2D eigenvalue weighted by atomic mass is 10.0. The van der Waals surface area contributed by atoms with Crippen LogP contribution >= 0.6 is 0 Å². The van der Waals surface area contributed by atoms with Gasteiger partial charge < -0.3 is 9.47 Å². The molecule has 4 heteroatoms. The molecule has 0 N–H and O–H groups in total. The lowest BCUT2D eigenvalue weighted by molar-refractivity contribution is 0.104. The molecular weight excluding hydrogens is 290 g/mol. The molecule has 2 aromatic rings. The number of benzene rings is 2. The van der Waals surface area contributed by atoms with E-state index in [9.17, 15) is 10.1 Å². The van der Waals surface area contributed by atoms with Crippen molar-refractivity contribution in [3.05, 3.63) is 65.2 Å². The maximum absolute atomic E-state index is 12.4. The first-order valence-electron chi connectivity index (χ1n) is 7.21. The quantitative estimate of drug-likeness (QED) is 0.461. The number of methoxy groups -OCH3 is 1. The van der Waals surface area contributed by atoms with E-state index in [1.807, 2.05) is 31.2 Å². The van der Waals surface area contributed by atoms with E-state index in [0.717, 1.165) is 5.56 Å². The van der Waals surface area contributed by atoms with Gasteiger partial charge >= 0.3 is 0 Å². The average Bonchev–Trinajstić information content (AvgIpc) is 2.60. The molecule has 0 saturated heterocycles. The molecular formula is C19H17NO3. The van der Waals surface area contributed by atoms with E-state index >= 15 is 0 Å². The van der Waals surface area contributed by atoms with E-state index in [1.54, 1.807) is 43.5 Å². The summed E-state index contributed by atoms with van der Waals surface area (Å²) in [6, 6.07) is 15.9. The largest absolute Gasteiger partial charge is 0.497 e. The number of rotatable bonds is 6. The Morgan fingerprint density at radius 3 is 2.52 bits per heavy atom. The van der Waals surface area contributed by atoms with Crippen LogP contribution in [0.1, 0.15) is 22.8 Å². The molecule has 4 nitrogen and oxygen atoms in total. The van der Waals surface area contributed by atoms with Gasteiger partial charge in [0.05, 0.1) is 13.7 Å². The van der Waals surface area contributed by atoms with Crippen molar-refractivity contribution in [2.75, 3.05) is 13.7 Å². The molecule has 0 heterocycles. The van der Waals surface area contributed by atoms with Gasteiger partial charge in [0.2, 0.25) is 5.78 Å². The predicted octanol–water partition coefficient (Wildman–Crippen LogP) is 3.88. The Balaban J connectivity index is 2.28. The predicted molar refractivity (Wildman–Crippen MR) is 88.5 cm³/mol. The molecule has 0 amide bonds. The Kier molecular flexibility index (Phi) is 5.54. The SMILES string of the molecule is CCOc1cccc(C=C(C#N)C(=O)c2ccc(OC)cc2)c1. The standard InChI is InChI=1S/C19H17NO3/c1-3-23-18-6-4-5-14(12-18)11-16(13-20)19(21)15-7-9-17(22-2)10-8-15/h4-12H,3H2,1-2H3. The maximum atomic E-state index is 12.4. The zero-order valence-electron chi connectivity index (χ0n) is 13.1. The topological polar surface area (TPSA) is 59.3 Å². The molecule has 0 aliphatic heterocycles. The van der Waals surface area contributed by atoms with Crippen molar-refractivity contribution in [3.63, 3.8) is 0 Å². The highest BCUT2D eigenvalue weighted by Crippen LogP contribution is 2.19. The normalized spacial score (nSPS) is 10.7. The first kappa shape index (κ1) is 16.3. The summed E-state index contributed by atoms with van der Waals surface area (Å²) in [5.74, 6) is 1.04. The van der Waals surface area contributed by atoms with Crippen molar-refractivity contribution in [2.45, 2.75) is 6.92 Å². The minimum atomic E-state index is -0.322. The summed E-state index contributed by atoms with van der Waals surface area (Å²) >= 11 is 0. The third kappa shape index (κ3) is 4.21. The number of hydrogen-bond donors (Lipinski definition) is 0. The van der Waals surface area contributed by atoms with Gasteiger partial charge in [0.25, 0.3) is 0 Å². The van der Waals surface area contributed by atoms with Gasteiger partial charge in [-0.25, -0.2) is 0 Å². The van der Waals surface area contributed by atoms with E-state index in [0.29, 0.717) is 23.7 Å². The molecule has 0 bridgehead atoms. The van der Waals surface area contributed by atoms with Crippen molar-refractivity contribution < 1.29 is 14.3 Å². The average molecular weight is 307 g/mol. The van der Waals surface area contributed by atoms with E-state index in [4.69, 9.17) is 9.47 Å². The lowest BCUT2D eigenvalue weighted by Crippen LogP contribution is -2.02. The summed E-state index contributed by atoms with van der Waals surface area (Å²) in [5, 5.41) is 9.30. The van der Waals surface area contributed by atoms with E-state index < -0.39 is 0 Å². The molecule has 2 rings (SSSR count). The van der Waals surface area contributed by atoms with Gasteiger partial charge in [0.1, 0.15) is 23.1 Å². The second kappa shape index (κ2) is 7.81. The van der Waals surface area contributed by atoms with Gasteiger partial charge in [-0.2, -0.15) is 5.26 Å². The summed E-state index contributed by atoms with van der Waals surface area (Å²) in [6.07, 6.45) is 1.56. The molecule has 0 aromatic heterocycles. The molecule has 0 fully saturated rings. The molecule has 23 heavy (non-hydrogen) atoms. The smallest absolute Gasteiger partial charge is 0.203 e. The van der Waals surface area contributed by atoms with Gasteiger partial charge in [0, 0.05) is 5.56 Å². The molecule has 2 aromatic carbocycles. The first-order valence-corrected chi connectivity index (χ1v) is 7.21. The van der Waals surface area contributed by atoms with Gasteiger partial charge in [-0.3, -0.25) is 4.79 Å². The Hall–Kier alpha value is -3.06. The highest BCUT2D eigenvalue weighted by atomic mass is 16.5. The van der Waals surface area contributed by atoms with Crippen LogP contribution in [0.15, 0.2) is 54.1 Å². The maximum Gasteiger partial charge on any atom is 0.203 e. The van der Waals surface area contributed by atoms with Crippen LogP contribution in [0.2, 0.25) is 0 Å². The van der Waals surface area contributed by atoms with Gasteiger partial charge in [-0.1, -0.05) is 12.1 Å². The number of ether oxygens (including phenoxy) is 2. The number of Topliss-reactive ketones (excluding diaryl/α,β-unsaturated/α-hetero) is 1. The third-order valence-corrected chi connectivity index (χ3v) is 3.20. The van der Waals surface area contributed by atoms with Crippen molar-refractivity contribution in [3.8, 4) is 17.6 Å². The molecule has 0 spiro atoms. The Labute approximate surface area is 135 Å². The van der Waals surface area contributed by atoms with Crippen LogP contribution in [0.5, 0.6) is 11.5 Å². The zero-order valence-corrected chi connectivity index (χ0v) is 13.1. The van der Waals surface area contributed by atoms with Crippen molar-refractivity contribution >= 4 is 11.9 Å². The molecule has 0 radical (unpaired) electrons. The Morgan fingerprint density at radius 2 is 1.91 bits per heavy atom. The molecule has 0 saturated carbocycles. The number of nitrogens with zero attached hydrogens (tertiary/aromatic N) is 1. The van der Waals surface area contributed by atoms with E-state index in [1.165, 1.54) is 0 Å². The van der Waals surface area contributed by atoms with Crippen LogP contribution in [0, 0.1) is 11.3 Å². The van der Waals surface area contributed by atoms with Crippen molar-refractivity contribution in [1.82, 2.24) is 0 Å². The second-order valence-electron chi connectivity index (χ2n) is 4.73. The fourth-order valence-electron chi connectivity index (χ4n) is 2.07. The number of hydrogen-bond acceptors (Lipinski definition) is 4. The summed E-state index contributed by atoms with van der Waals surface area (Å²) < 4.78 is 10.5. The lowest BCUT2D eigenvalue weighted by Gasteiger charge is -2.04. The third-order valence-electron chi connectivity index (χ3n) is 3.20. The number of carbonyl (C=O) groups is 1. The minimum Gasteiger partial charge on any atom is -0.497 e. The molecule has 0 aliphatic rings. The Bertz CT molecular complexity index is 755. The van der Waals surface area contributed by atoms with Crippen LogP contribution in [0.3, 0.4) is 0 Å². The number of nitriles is 1. The van der Waals surface area contributed by atoms with Gasteiger partial charge in [-0.05, 0) is 55.0 Å². The summed E-state index contributed by atoms with van der Waals surface area (Å²) in [4.78, 5) is 12.4. The van der Waals surface area contributed by atoms with Crippen LogP contribution in [0.4, 0.5) is 0 Å². The fourth-order valence-corrected chi connectivity index (χ4v) is 2.07. The molecule has 0 atom stereocenters. The van der Waals surface area contributed by atoms with E-state index in [-0.39, 0.29) is 11.4 Å². The van der Waals surface area contributed by atoms with Crippen molar-refractivity contribution in [2.24, 2.45) is 0 Å². The van der Waals surface area contributed by atoms with Crippen LogP contribution in [-0.2, 0) is 0 Å². The zero-order chi connectivity index (χ0) is 16.7. The summed E-state index contributed by atoms with van der Waals surface area (Å²) in [6.45, 7) is 2.46. The van der Waals surface area contributed by atoms with E-state index in [2.05, 4.69) is 0 Å². The van der Waals surface area contributed by atoms with Crippen LogP contribution in [0.25, 0.3) is 6.08 Å². The summed E-state index contributed by atoms with van der Waals surface area (Å²) in [5.41, 5.74) is 1.26. The van der Waals surface area contributed by atoms with Crippen LogP contribution in [-0.4, -0.2) is 19.5 Å². The van der Waals surface area contributed by atoms with Gasteiger partial charge in [-0.15, -0.1) is 0 Å². The molecule has 0 unspecified atom stereocenters. The summed E-state index contributed by atoms with van der Waals surface area (Å²) in [7, 11) is 1.56. The number of ketones is 1. The van der Waals surface area contributed by atoms with Crippen LogP contribution < -0.4 is 9.47 Å².